The number of aliphatic carboxylic acids is 1. The van der Waals surface area contributed by atoms with E-state index < -0.39 is 35.5 Å². The molecule has 0 saturated heterocycles. The Balaban J connectivity index is 1.76. The molecule has 0 saturated carbocycles. The number of amides is 1. The standard InChI is InChI=1S/C30H31F4NO4/c1-2-3-4-5-6-26(39-27-16-13-23(19-25(27)31)29(38)35-18-17-28(36)37)22-9-7-20(8-10-22)21-11-14-24(15-12-21)30(32,33)34/h7-16,19,26H,2-6,17-18H2,1H3,(H,35,38)(H,36,37). The smallest absolute Gasteiger partial charge is 0.416 e. The van der Waals surface area contributed by atoms with Crippen LogP contribution in [0.2, 0.25) is 0 Å². The van der Waals surface area contributed by atoms with Gasteiger partial charge < -0.3 is 15.2 Å². The fourth-order valence-corrected chi connectivity index (χ4v) is 4.07. The number of unbranched alkanes of at least 4 members (excludes halogenated alkanes) is 3. The zero-order valence-electron chi connectivity index (χ0n) is 21.6. The lowest BCUT2D eigenvalue weighted by molar-refractivity contribution is -0.138. The third-order valence-electron chi connectivity index (χ3n) is 6.24. The molecule has 2 N–H and O–H groups in total. The molecule has 39 heavy (non-hydrogen) atoms. The van der Waals surface area contributed by atoms with Crippen LogP contribution < -0.4 is 10.1 Å². The van der Waals surface area contributed by atoms with E-state index in [0.717, 1.165) is 55.0 Å². The van der Waals surface area contributed by atoms with Crippen molar-refractivity contribution in [2.45, 2.75) is 57.7 Å². The number of nitrogens with one attached hydrogen (secondary N) is 1. The summed E-state index contributed by atoms with van der Waals surface area (Å²) in [4.78, 5) is 22.8. The molecule has 1 unspecified atom stereocenters. The van der Waals surface area contributed by atoms with E-state index in [9.17, 15) is 27.2 Å². The Morgan fingerprint density at radius 2 is 1.56 bits per heavy atom. The highest BCUT2D eigenvalue weighted by Gasteiger charge is 2.30. The summed E-state index contributed by atoms with van der Waals surface area (Å²) >= 11 is 0. The van der Waals surface area contributed by atoms with Crippen LogP contribution in [0.1, 0.15) is 73.0 Å². The molecule has 208 valence electrons. The molecule has 3 aromatic rings. The first-order chi connectivity index (χ1) is 18.6. The molecule has 3 aromatic carbocycles. The molecule has 0 fully saturated rings. The Morgan fingerprint density at radius 3 is 2.13 bits per heavy atom. The van der Waals surface area contributed by atoms with Crippen molar-refractivity contribution in [3.63, 3.8) is 0 Å². The summed E-state index contributed by atoms with van der Waals surface area (Å²) in [6, 6.07) is 16.0. The summed E-state index contributed by atoms with van der Waals surface area (Å²) < 4.78 is 59.6. The molecule has 0 radical (unpaired) electrons. The van der Waals surface area contributed by atoms with Crippen LogP contribution in [0.15, 0.2) is 66.7 Å². The Bertz CT molecular complexity index is 1240. The summed E-state index contributed by atoms with van der Waals surface area (Å²) in [5.74, 6) is -2.38. The highest BCUT2D eigenvalue weighted by molar-refractivity contribution is 5.94. The van der Waals surface area contributed by atoms with E-state index in [-0.39, 0.29) is 24.3 Å². The van der Waals surface area contributed by atoms with Crippen LogP contribution in [-0.2, 0) is 11.0 Å². The van der Waals surface area contributed by atoms with E-state index in [1.165, 1.54) is 24.3 Å². The summed E-state index contributed by atoms with van der Waals surface area (Å²) in [6.07, 6.45) is -0.556. The van der Waals surface area contributed by atoms with Gasteiger partial charge in [-0.3, -0.25) is 9.59 Å². The van der Waals surface area contributed by atoms with Crippen molar-refractivity contribution in [1.29, 1.82) is 0 Å². The maximum absolute atomic E-state index is 14.9. The van der Waals surface area contributed by atoms with E-state index in [1.54, 1.807) is 12.1 Å². The van der Waals surface area contributed by atoms with Gasteiger partial charge in [0.15, 0.2) is 11.6 Å². The van der Waals surface area contributed by atoms with Crippen molar-refractivity contribution in [3.8, 4) is 16.9 Å². The van der Waals surface area contributed by atoms with Crippen LogP contribution in [0, 0.1) is 5.82 Å². The third kappa shape index (κ3) is 8.84. The predicted octanol–water partition coefficient (Wildman–Crippen LogP) is 7.81. The number of ether oxygens (including phenoxy) is 1. The fraction of sp³-hybridized carbons (Fsp3) is 0.333. The van der Waals surface area contributed by atoms with E-state index >= 15 is 0 Å². The van der Waals surface area contributed by atoms with Gasteiger partial charge in [0.1, 0.15) is 6.10 Å². The number of benzene rings is 3. The minimum atomic E-state index is -4.40. The number of hydrogen-bond donors (Lipinski definition) is 2. The molecule has 1 amide bonds. The normalized spacial score (nSPS) is 12.1. The number of hydrogen-bond acceptors (Lipinski definition) is 3. The molecule has 0 bridgehead atoms. The maximum Gasteiger partial charge on any atom is 0.416 e. The van der Waals surface area contributed by atoms with Gasteiger partial charge in [0.2, 0.25) is 0 Å². The van der Waals surface area contributed by atoms with Crippen molar-refractivity contribution in [2.24, 2.45) is 0 Å². The second kappa shape index (κ2) is 13.8. The van der Waals surface area contributed by atoms with E-state index in [1.807, 2.05) is 12.1 Å². The van der Waals surface area contributed by atoms with Gasteiger partial charge in [-0.25, -0.2) is 4.39 Å². The molecule has 1 atom stereocenters. The van der Waals surface area contributed by atoms with Crippen LogP contribution in [0.4, 0.5) is 17.6 Å². The SMILES string of the molecule is CCCCCCC(Oc1ccc(C(=O)NCCC(=O)O)cc1F)c1ccc(-c2ccc(C(F)(F)F)cc2)cc1. The topological polar surface area (TPSA) is 75.6 Å². The average Bonchev–Trinajstić information content (AvgIpc) is 2.90. The molecule has 0 aliphatic carbocycles. The minimum absolute atomic E-state index is 0.0237. The number of halogens is 4. The predicted molar refractivity (Wildman–Crippen MR) is 140 cm³/mol. The number of alkyl halides is 3. The van der Waals surface area contributed by atoms with E-state index in [0.29, 0.717) is 12.0 Å². The quantitative estimate of drug-likeness (QED) is 0.170. The van der Waals surface area contributed by atoms with Gasteiger partial charge in [0.05, 0.1) is 12.0 Å². The summed E-state index contributed by atoms with van der Waals surface area (Å²) in [6.45, 7) is 2.03. The van der Waals surface area contributed by atoms with E-state index in [4.69, 9.17) is 9.84 Å². The van der Waals surface area contributed by atoms with Crippen LogP contribution in [0.3, 0.4) is 0 Å². The molecular formula is C30H31F4NO4. The largest absolute Gasteiger partial charge is 0.483 e. The molecule has 0 aliphatic rings. The molecular weight excluding hydrogens is 514 g/mol. The highest BCUT2D eigenvalue weighted by atomic mass is 19.4. The Labute approximate surface area is 224 Å². The monoisotopic (exact) mass is 545 g/mol. The van der Waals surface area contributed by atoms with Gasteiger partial charge in [0.25, 0.3) is 5.91 Å². The molecule has 0 aliphatic heterocycles. The number of carboxylic acid groups (broad SMARTS) is 1. The molecule has 0 heterocycles. The molecule has 3 rings (SSSR count). The van der Waals surface area contributed by atoms with Gasteiger partial charge in [-0.1, -0.05) is 62.6 Å². The number of rotatable bonds is 13. The number of carbonyl (C=O) groups excluding carboxylic acids is 1. The van der Waals surface area contributed by atoms with E-state index in [2.05, 4.69) is 12.2 Å². The van der Waals surface area contributed by atoms with Crippen molar-refractivity contribution in [2.75, 3.05) is 6.54 Å². The molecule has 0 spiro atoms. The molecule has 0 aromatic heterocycles. The zero-order valence-corrected chi connectivity index (χ0v) is 21.6. The maximum atomic E-state index is 14.9. The summed E-state index contributed by atoms with van der Waals surface area (Å²) in [5, 5.41) is 11.1. The third-order valence-corrected chi connectivity index (χ3v) is 6.24. The summed E-state index contributed by atoms with van der Waals surface area (Å²) in [5.41, 5.74) is 1.50. The first kappa shape index (κ1) is 29.7. The zero-order chi connectivity index (χ0) is 28.4. The van der Waals surface area contributed by atoms with Crippen LogP contribution in [0.5, 0.6) is 5.75 Å². The average molecular weight is 546 g/mol. The Hall–Kier alpha value is -3.88. The fourth-order valence-electron chi connectivity index (χ4n) is 4.07. The lowest BCUT2D eigenvalue weighted by Gasteiger charge is -2.21. The van der Waals surface area contributed by atoms with Crippen molar-refractivity contribution in [3.05, 3.63) is 89.2 Å². The second-order valence-electron chi connectivity index (χ2n) is 9.20. The van der Waals surface area contributed by atoms with Crippen LogP contribution in [-0.4, -0.2) is 23.5 Å². The van der Waals surface area contributed by atoms with Gasteiger partial charge in [-0.15, -0.1) is 0 Å². The first-order valence-electron chi connectivity index (χ1n) is 12.8. The van der Waals surface area contributed by atoms with Gasteiger partial charge in [0, 0.05) is 12.1 Å². The lowest BCUT2D eigenvalue weighted by atomic mass is 9.98. The van der Waals surface area contributed by atoms with Crippen molar-refractivity contribution in [1.82, 2.24) is 5.32 Å². The van der Waals surface area contributed by atoms with Gasteiger partial charge in [-0.05, 0) is 59.9 Å². The van der Waals surface area contributed by atoms with Gasteiger partial charge in [-0.2, -0.15) is 13.2 Å². The first-order valence-corrected chi connectivity index (χ1v) is 12.8. The van der Waals surface area contributed by atoms with Crippen LogP contribution in [0.25, 0.3) is 11.1 Å². The van der Waals surface area contributed by atoms with Crippen molar-refractivity contribution < 1.29 is 37.0 Å². The Kier molecular flexibility index (Phi) is 10.5. The Morgan fingerprint density at radius 1 is 0.923 bits per heavy atom. The van der Waals surface area contributed by atoms with Gasteiger partial charge >= 0.3 is 12.1 Å². The molecule has 5 nitrogen and oxygen atoms in total. The minimum Gasteiger partial charge on any atom is -0.483 e. The van der Waals surface area contributed by atoms with Crippen LogP contribution >= 0.6 is 0 Å². The summed E-state index contributed by atoms with van der Waals surface area (Å²) in [7, 11) is 0. The highest BCUT2D eigenvalue weighted by Crippen LogP contribution is 2.33. The lowest BCUT2D eigenvalue weighted by Crippen LogP contribution is -2.26. The number of carbonyl (C=O) groups is 2. The number of carboxylic acids is 1. The molecule has 9 heteroatoms. The van der Waals surface area contributed by atoms with Crippen molar-refractivity contribution >= 4 is 11.9 Å². The second-order valence-corrected chi connectivity index (χ2v) is 9.20.